The maximum Gasteiger partial charge on any atom is 0.413 e. The van der Waals surface area contributed by atoms with E-state index < -0.39 is 29.3 Å². The summed E-state index contributed by atoms with van der Waals surface area (Å²) in [5.74, 6) is 0.160. The lowest BCUT2D eigenvalue weighted by atomic mass is 10.1. The minimum absolute atomic E-state index is 0.0186. The standard InChI is InChI=1S/C30H37ClFN3O5S/c1-16(2)38-24-11-10-19(12-17(24)3)26-33-34-27(41-26)20-13-22(32)25(14-21(20)31)37-15-23-18(4)39-30(8,9)35(23)28(36)40-29(5,6)7/h10-14,16,18,23H,15H2,1-9H3/t18-,23-/m0/s1. The highest BCUT2D eigenvalue weighted by Crippen LogP contribution is 2.39. The number of carbonyl (C=O) groups is 1. The fraction of sp³-hybridized carbons (Fsp3) is 0.500. The summed E-state index contributed by atoms with van der Waals surface area (Å²) in [4.78, 5) is 14.5. The van der Waals surface area contributed by atoms with Crippen LogP contribution in [0, 0.1) is 12.7 Å². The van der Waals surface area contributed by atoms with Gasteiger partial charge in [-0.05, 0) is 92.1 Å². The lowest BCUT2D eigenvalue weighted by Crippen LogP contribution is -2.52. The van der Waals surface area contributed by atoms with Gasteiger partial charge in [0.05, 0.1) is 23.3 Å². The first kappa shape index (κ1) is 31.0. The maximum absolute atomic E-state index is 15.3. The van der Waals surface area contributed by atoms with E-state index >= 15 is 4.39 Å². The van der Waals surface area contributed by atoms with Crippen molar-refractivity contribution in [2.45, 2.75) is 91.9 Å². The van der Waals surface area contributed by atoms with Crippen molar-refractivity contribution < 1.29 is 28.1 Å². The molecule has 8 nitrogen and oxygen atoms in total. The molecule has 3 aromatic rings. The second-order valence-electron chi connectivity index (χ2n) is 11.8. The Bertz CT molecular complexity index is 1420. The minimum atomic E-state index is -0.925. The summed E-state index contributed by atoms with van der Waals surface area (Å²) in [6, 6.07) is 8.01. The van der Waals surface area contributed by atoms with Crippen LogP contribution in [0.15, 0.2) is 30.3 Å². The molecule has 2 atom stereocenters. The number of aryl methyl sites for hydroxylation is 1. The molecule has 0 radical (unpaired) electrons. The zero-order valence-electron chi connectivity index (χ0n) is 24.9. The largest absolute Gasteiger partial charge is 0.491 e. The van der Waals surface area contributed by atoms with Gasteiger partial charge in [0.1, 0.15) is 33.7 Å². The Hall–Kier alpha value is -2.95. The number of ether oxygens (including phenoxy) is 4. The summed E-state index contributed by atoms with van der Waals surface area (Å²) >= 11 is 7.88. The lowest BCUT2D eigenvalue weighted by molar-refractivity contribution is -0.0760. The number of hydrogen-bond acceptors (Lipinski definition) is 8. The smallest absolute Gasteiger partial charge is 0.413 e. The van der Waals surface area contributed by atoms with Crippen molar-refractivity contribution in [3.63, 3.8) is 0 Å². The second kappa shape index (κ2) is 11.7. The molecule has 0 aliphatic carbocycles. The maximum atomic E-state index is 15.3. The Balaban J connectivity index is 1.51. The van der Waals surface area contributed by atoms with Gasteiger partial charge in [0.25, 0.3) is 0 Å². The SMILES string of the molecule is Cc1cc(-c2nnc(-c3cc(F)c(OC[C@H]4[C@H](C)OC(C)(C)N4C(=O)OC(C)(C)C)cc3Cl)s2)ccc1OC(C)C. The van der Waals surface area contributed by atoms with Crippen LogP contribution in [-0.2, 0) is 9.47 Å². The van der Waals surface area contributed by atoms with Crippen LogP contribution in [0.3, 0.4) is 0 Å². The molecule has 11 heteroatoms. The molecule has 41 heavy (non-hydrogen) atoms. The molecular weight excluding hydrogens is 569 g/mol. The van der Waals surface area contributed by atoms with Crippen LogP contribution in [0.25, 0.3) is 21.1 Å². The van der Waals surface area contributed by atoms with Crippen molar-refractivity contribution in [1.29, 1.82) is 0 Å². The molecule has 1 amide bonds. The molecule has 2 aromatic carbocycles. The molecule has 1 fully saturated rings. The first-order valence-electron chi connectivity index (χ1n) is 13.5. The number of nitrogens with zero attached hydrogens (tertiary/aromatic N) is 3. The van der Waals surface area contributed by atoms with Crippen molar-refractivity contribution >= 4 is 29.0 Å². The normalized spacial score (nSPS) is 18.6. The monoisotopic (exact) mass is 605 g/mol. The van der Waals surface area contributed by atoms with Gasteiger partial charge in [0.2, 0.25) is 0 Å². The molecule has 0 spiro atoms. The fourth-order valence-electron chi connectivity index (χ4n) is 4.67. The number of halogens is 2. The second-order valence-corrected chi connectivity index (χ2v) is 13.2. The fourth-order valence-corrected chi connectivity index (χ4v) is 5.84. The summed E-state index contributed by atoms with van der Waals surface area (Å²) in [5, 5.41) is 9.98. The zero-order valence-corrected chi connectivity index (χ0v) is 26.4. The van der Waals surface area contributed by atoms with E-state index in [2.05, 4.69) is 10.2 Å². The van der Waals surface area contributed by atoms with Crippen LogP contribution in [0.2, 0.25) is 5.02 Å². The number of carbonyl (C=O) groups excluding carboxylic acids is 1. The van der Waals surface area contributed by atoms with Crippen LogP contribution in [-0.4, -0.2) is 57.4 Å². The average Bonchev–Trinajstić information content (AvgIpc) is 3.41. The number of rotatable bonds is 7. The van der Waals surface area contributed by atoms with Crippen molar-refractivity contribution in [3.8, 4) is 32.6 Å². The Labute approximate surface area is 249 Å². The van der Waals surface area contributed by atoms with Crippen molar-refractivity contribution in [2.75, 3.05) is 6.61 Å². The van der Waals surface area contributed by atoms with Crippen LogP contribution in [0.5, 0.6) is 11.5 Å². The lowest BCUT2D eigenvalue weighted by Gasteiger charge is -2.35. The summed E-state index contributed by atoms with van der Waals surface area (Å²) in [7, 11) is 0. The first-order valence-corrected chi connectivity index (χ1v) is 14.7. The predicted molar refractivity (Wildman–Crippen MR) is 158 cm³/mol. The quantitative estimate of drug-likeness (QED) is 0.271. The molecule has 1 aliphatic heterocycles. The molecule has 0 N–H and O–H groups in total. The molecule has 1 aliphatic rings. The highest BCUT2D eigenvalue weighted by molar-refractivity contribution is 7.18. The van der Waals surface area contributed by atoms with Gasteiger partial charge in [-0.2, -0.15) is 0 Å². The van der Waals surface area contributed by atoms with E-state index in [-0.39, 0.29) is 29.6 Å². The number of aromatic nitrogens is 2. The third-order valence-electron chi connectivity index (χ3n) is 6.39. The topological polar surface area (TPSA) is 83.0 Å². The zero-order chi connectivity index (χ0) is 30.3. The molecule has 4 rings (SSSR count). The van der Waals surface area contributed by atoms with Crippen molar-refractivity contribution in [2.24, 2.45) is 0 Å². The van der Waals surface area contributed by atoms with Gasteiger partial charge in [0.15, 0.2) is 11.6 Å². The van der Waals surface area contributed by atoms with Gasteiger partial charge in [0, 0.05) is 17.2 Å². The third kappa shape index (κ3) is 7.10. The van der Waals surface area contributed by atoms with Gasteiger partial charge in [-0.3, -0.25) is 4.90 Å². The highest BCUT2D eigenvalue weighted by Gasteiger charge is 2.50. The Morgan fingerprint density at radius 1 is 1.17 bits per heavy atom. The van der Waals surface area contributed by atoms with Gasteiger partial charge >= 0.3 is 6.09 Å². The number of benzene rings is 2. The molecule has 2 heterocycles. The van der Waals surface area contributed by atoms with Crippen molar-refractivity contribution in [1.82, 2.24) is 15.1 Å². The molecular formula is C30H37ClFN3O5S. The molecule has 1 saturated heterocycles. The Morgan fingerprint density at radius 3 is 2.49 bits per heavy atom. The van der Waals surface area contributed by atoms with E-state index in [9.17, 15) is 4.79 Å². The summed E-state index contributed by atoms with van der Waals surface area (Å²) in [6.45, 7) is 16.7. The first-order chi connectivity index (χ1) is 19.1. The van der Waals surface area contributed by atoms with Crippen LogP contribution in [0.4, 0.5) is 9.18 Å². The molecule has 0 saturated carbocycles. The average molecular weight is 606 g/mol. The van der Waals surface area contributed by atoms with Crippen LogP contribution in [0.1, 0.15) is 61.0 Å². The van der Waals surface area contributed by atoms with Gasteiger partial charge in [-0.1, -0.05) is 22.9 Å². The number of hydrogen-bond donors (Lipinski definition) is 0. The van der Waals surface area contributed by atoms with E-state index in [4.69, 9.17) is 30.5 Å². The number of amides is 1. The van der Waals surface area contributed by atoms with Crippen LogP contribution < -0.4 is 9.47 Å². The summed E-state index contributed by atoms with van der Waals surface area (Å²) < 4.78 is 38.5. The molecule has 0 unspecified atom stereocenters. The summed E-state index contributed by atoms with van der Waals surface area (Å²) in [6.07, 6.45) is -0.828. The van der Waals surface area contributed by atoms with E-state index in [1.54, 1.807) is 34.6 Å². The summed E-state index contributed by atoms with van der Waals surface area (Å²) in [5.41, 5.74) is 0.657. The van der Waals surface area contributed by atoms with E-state index in [1.165, 1.54) is 28.4 Å². The van der Waals surface area contributed by atoms with E-state index in [1.807, 2.05) is 45.9 Å². The van der Waals surface area contributed by atoms with Gasteiger partial charge in [-0.25, -0.2) is 9.18 Å². The van der Waals surface area contributed by atoms with E-state index in [0.717, 1.165) is 16.9 Å². The molecule has 222 valence electrons. The molecule has 1 aromatic heterocycles. The third-order valence-corrected chi connectivity index (χ3v) is 7.71. The molecule has 0 bridgehead atoms. The Kier molecular flexibility index (Phi) is 8.87. The van der Waals surface area contributed by atoms with Gasteiger partial charge in [-0.15, -0.1) is 10.2 Å². The Morgan fingerprint density at radius 2 is 1.85 bits per heavy atom. The van der Waals surface area contributed by atoms with Crippen LogP contribution >= 0.6 is 22.9 Å². The van der Waals surface area contributed by atoms with E-state index in [0.29, 0.717) is 15.6 Å². The predicted octanol–water partition coefficient (Wildman–Crippen LogP) is 7.90. The van der Waals surface area contributed by atoms with Crippen molar-refractivity contribution in [3.05, 3.63) is 46.7 Å². The minimum Gasteiger partial charge on any atom is -0.491 e. The highest BCUT2D eigenvalue weighted by atomic mass is 35.5. The van der Waals surface area contributed by atoms with Gasteiger partial charge < -0.3 is 18.9 Å².